The second-order valence-electron chi connectivity index (χ2n) is 7.61. The van der Waals surface area contributed by atoms with Crippen LogP contribution in [0.3, 0.4) is 0 Å². The van der Waals surface area contributed by atoms with E-state index in [1.54, 1.807) is 29.1 Å². The maximum absolute atomic E-state index is 12.3. The molecule has 2 heterocycles. The van der Waals surface area contributed by atoms with Gasteiger partial charge >= 0.3 is 13.3 Å². The first-order valence-electron chi connectivity index (χ1n) is 8.62. The minimum absolute atomic E-state index is 0.170. The van der Waals surface area contributed by atoms with Gasteiger partial charge in [0.25, 0.3) is 0 Å². The Bertz CT molecular complexity index is 789. The van der Waals surface area contributed by atoms with Crippen LogP contribution in [0.2, 0.25) is 0 Å². The zero-order chi connectivity index (χ0) is 19.9. The molecular weight excluding hydrogens is 360 g/mol. The second-order valence-corrected chi connectivity index (χ2v) is 7.61. The molecule has 2 aromatic rings. The van der Waals surface area contributed by atoms with E-state index in [4.69, 9.17) is 14.0 Å². The third-order valence-corrected chi connectivity index (χ3v) is 4.82. The Hall–Kier alpha value is -2.00. The molecule has 0 radical (unpaired) electrons. The van der Waals surface area contributed by atoms with Gasteiger partial charge in [0.2, 0.25) is 0 Å². The van der Waals surface area contributed by atoms with E-state index in [1.165, 1.54) is 6.07 Å². The molecule has 1 aliphatic rings. The van der Waals surface area contributed by atoms with Crippen molar-refractivity contribution in [2.45, 2.75) is 51.6 Å². The third-order valence-electron chi connectivity index (χ3n) is 4.82. The minimum atomic E-state index is -4.37. The monoisotopic (exact) mass is 382 g/mol. The van der Waals surface area contributed by atoms with Crippen LogP contribution in [-0.2, 0) is 15.9 Å². The van der Waals surface area contributed by atoms with Crippen LogP contribution in [0.5, 0.6) is 5.75 Å². The van der Waals surface area contributed by atoms with Crippen LogP contribution in [0.1, 0.15) is 33.3 Å². The van der Waals surface area contributed by atoms with Crippen molar-refractivity contribution in [3.63, 3.8) is 0 Å². The van der Waals surface area contributed by atoms with E-state index in [2.05, 4.69) is 5.10 Å². The summed E-state index contributed by atoms with van der Waals surface area (Å²) in [6, 6.07) is 6.52. The first-order valence-corrected chi connectivity index (χ1v) is 8.62. The lowest BCUT2D eigenvalue weighted by molar-refractivity contribution is -0.153. The maximum atomic E-state index is 12.3. The first kappa shape index (κ1) is 19.8. The lowest BCUT2D eigenvalue weighted by Gasteiger charge is -2.32. The summed E-state index contributed by atoms with van der Waals surface area (Å²) in [6.45, 7) is 6.98. The van der Waals surface area contributed by atoms with E-state index < -0.39 is 31.1 Å². The topological polar surface area (TPSA) is 45.5 Å². The van der Waals surface area contributed by atoms with Crippen molar-refractivity contribution < 1.29 is 27.2 Å². The van der Waals surface area contributed by atoms with Crippen molar-refractivity contribution in [1.29, 1.82) is 0 Å². The molecule has 0 atom stereocenters. The molecule has 1 aromatic carbocycles. The lowest BCUT2D eigenvalue weighted by Crippen LogP contribution is -2.41. The quantitative estimate of drug-likeness (QED) is 0.746. The highest BCUT2D eigenvalue weighted by atomic mass is 19.4. The molecule has 0 amide bonds. The minimum Gasteiger partial charge on any atom is -0.484 e. The van der Waals surface area contributed by atoms with Crippen molar-refractivity contribution in [1.82, 2.24) is 9.78 Å². The van der Waals surface area contributed by atoms with Crippen LogP contribution in [0.15, 0.2) is 36.7 Å². The summed E-state index contributed by atoms with van der Waals surface area (Å²) in [5, 5.41) is 4.30. The fraction of sp³-hybridized carbons (Fsp3) is 0.500. The van der Waals surface area contributed by atoms with Gasteiger partial charge in [-0.15, -0.1) is 0 Å². The molecule has 0 N–H and O–H groups in total. The molecule has 1 aliphatic heterocycles. The largest absolute Gasteiger partial charge is 0.498 e. The van der Waals surface area contributed by atoms with Gasteiger partial charge in [-0.3, -0.25) is 4.68 Å². The standard InChI is InChI=1S/C18H22BF3N2O3/c1-16(2)17(3,4)27-19(26-16)14-9-23-24(11-14)10-13-6-5-7-15(8-13)25-12-18(20,21)22/h5-9,11H,10,12H2,1-4H3. The lowest BCUT2D eigenvalue weighted by atomic mass is 9.82. The molecule has 9 heteroatoms. The van der Waals surface area contributed by atoms with Crippen LogP contribution >= 0.6 is 0 Å². The summed E-state index contributed by atoms with van der Waals surface area (Å²) in [5.41, 5.74) is 0.685. The zero-order valence-electron chi connectivity index (χ0n) is 15.7. The van der Waals surface area contributed by atoms with E-state index >= 15 is 0 Å². The SMILES string of the molecule is CC1(C)OB(c2cnn(Cc3cccc(OCC(F)(F)F)c3)c2)OC1(C)C. The van der Waals surface area contributed by atoms with Gasteiger partial charge in [-0.05, 0) is 45.4 Å². The van der Waals surface area contributed by atoms with E-state index in [1.807, 2.05) is 33.9 Å². The molecule has 5 nitrogen and oxygen atoms in total. The molecule has 0 aliphatic carbocycles. The van der Waals surface area contributed by atoms with Crippen LogP contribution < -0.4 is 10.2 Å². The molecule has 0 spiro atoms. The van der Waals surface area contributed by atoms with Gasteiger partial charge in [0, 0.05) is 17.9 Å². The fourth-order valence-electron chi connectivity index (χ4n) is 2.65. The van der Waals surface area contributed by atoms with Crippen LogP contribution in [-0.4, -0.2) is 40.9 Å². The number of halogens is 3. The van der Waals surface area contributed by atoms with Gasteiger partial charge in [-0.25, -0.2) is 0 Å². The number of alkyl halides is 3. The van der Waals surface area contributed by atoms with Crippen molar-refractivity contribution >= 4 is 12.6 Å². The predicted molar refractivity (Wildman–Crippen MR) is 95.0 cm³/mol. The van der Waals surface area contributed by atoms with Crippen molar-refractivity contribution in [2.75, 3.05) is 6.61 Å². The Morgan fingerprint density at radius 1 is 1.15 bits per heavy atom. The van der Waals surface area contributed by atoms with Crippen molar-refractivity contribution in [3.05, 3.63) is 42.2 Å². The maximum Gasteiger partial charge on any atom is 0.498 e. The van der Waals surface area contributed by atoms with E-state index in [9.17, 15) is 13.2 Å². The summed E-state index contributed by atoms with van der Waals surface area (Å²) >= 11 is 0. The van der Waals surface area contributed by atoms with E-state index in [-0.39, 0.29) is 5.75 Å². The third kappa shape index (κ3) is 4.65. The van der Waals surface area contributed by atoms with Gasteiger partial charge in [0.05, 0.1) is 17.7 Å². The molecule has 0 saturated carbocycles. The van der Waals surface area contributed by atoms with E-state index in [0.29, 0.717) is 6.54 Å². The molecule has 146 valence electrons. The van der Waals surface area contributed by atoms with Crippen molar-refractivity contribution in [2.24, 2.45) is 0 Å². The second kappa shape index (κ2) is 6.87. The number of nitrogens with zero attached hydrogens (tertiary/aromatic N) is 2. The van der Waals surface area contributed by atoms with Crippen molar-refractivity contribution in [3.8, 4) is 5.75 Å². The average Bonchev–Trinajstić information content (AvgIpc) is 3.07. The Labute approximate surface area is 156 Å². The summed E-state index contributed by atoms with van der Waals surface area (Å²) in [5.74, 6) is 0.170. The van der Waals surface area contributed by atoms with Gasteiger partial charge in [-0.1, -0.05) is 12.1 Å². The number of benzene rings is 1. The Kier molecular flexibility index (Phi) is 5.03. The van der Waals surface area contributed by atoms with Crippen LogP contribution in [0.25, 0.3) is 0 Å². The number of hydrogen-bond donors (Lipinski definition) is 0. The summed E-state index contributed by atoms with van der Waals surface area (Å²) < 4.78 is 55.3. The van der Waals surface area contributed by atoms with Gasteiger partial charge in [0.15, 0.2) is 6.61 Å². The van der Waals surface area contributed by atoms with Gasteiger partial charge in [0.1, 0.15) is 5.75 Å². The molecule has 0 unspecified atom stereocenters. The first-order chi connectivity index (χ1) is 12.5. The number of hydrogen-bond acceptors (Lipinski definition) is 4. The van der Waals surface area contributed by atoms with Gasteiger partial charge < -0.3 is 14.0 Å². The highest BCUT2D eigenvalue weighted by Gasteiger charge is 2.52. The molecular formula is C18H22BF3N2O3. The van der Waals surface area contributed by atoms with Crippen LogP contribution in [0.4, 0.5) is 13.2 Å². The predicted octanol–water partition coefficient (Wildman–Crippen LogP) is 3.17. The van der Waals surface area contributed by atoms with Gasteiger partial charge in [-0.2, -0.15) is 18.3 Å². The average molecular weight is 382 g/mol. The number of rotatable bonds is 5. The summed E-state index contributed by atoms with van der Waals surface area (Å²) in [4.78, 5) is 0. The summed E-state index contributed by atoms with van der Waals surface area (Å²) in [7, 11) is -0.509. The molecule has 27 heavy (non-hydrogen) atoms. The molecule has 1 fully saturated rings. The number of aromatic nitrogens is 2. The normalized spacial score (nSPS) is 18.7. The Morgan fingerprint density at radius 2 is 1.81 bits per heavy atom. The Morgan fingerprint density at radius 3 is 2.44 bits per heavy atom. The smallest absolute Gasteiger partial charge is 0.484 e. The highest BCUT2D eigenvalue weighted by Crippen LogP contribution is 2.36. The van der Waals surface area contributed by atoms with E-state index in [0.717, 1.165) is 11.0 Å². The molecule has 3 rings (SSSR count). The molecule has 1 saturated heterocycles. The molecule has 0 bridgehead atoms. The summed E-state index contributed by atoms with van der Waals surface area (Å²) in [6.07, 6.45) is -0.882. The zero-order valence-corrected chi connectivity index (χ0v) is 15.7. The number of ether oxygens (including phenoxy) is 1. The Balaban J connectivity index is 1.66. The van der Waals surface area contributed by atoms with Crippen LogP contribution in [0, 0.1) is 0 Å². The molecule has 1 aromatic heterocycles. The highest BCUT2D eigenvalue weighted by molar-refractivity contribution is 6.61. The fourth-order valence-corrected chi connectivity index (χ4v) is 2.65.